The number of rotatable bonds is 2. The Morgan fingerprint density at radius 3 is 2.53 bits per heavy atom. The molecule has 0 spiro atoms. The predicted molar refractivity (Wildman–Crippen MR) is 72.6 cm³/mol. The maximum Gasteiger partial charge on any atom is 0.246 e. The minimum absolute atomic E-state index is 0.0921. The normalized spacial score (nSPS) is 16.4. The highest BCUT2D eigenvalue weighted by molar-refractivity contribution is 9.10. The average molecular weight is 295 g/mol. The summed E-state index contributed by atoms with van der Waals surface area (Å²) in [5, 5.41) is 3.23. The van der Waals surface area contributed by atoms with Gasteiger partial charge in [-0.3, -0.25) is 4.79 Å². The number of halogens is 1. The molecule has 0 unspecified atom stereocenters. The lowest BCUT2D eigenvalue weighted by atomic mass is 10.2. The van der Waals surface area contributed by atoms with Crippen LogP contribution in [0.4, 0.5) is 0 Å². The van der Waals surface area contributed by atoms with Crippen molar-refractivity contribution in [2.24, 2.45) is 0 Å². The van der Waals surface area contributed by atoms with Gasteiger partial charge in [-0.25, -0.2) is 0 Å². The van der Waals surface area contributed by atoms with Crippen LogP contribution in [-0.4, -0.2) is 37.0 Å². The van der Waals surface area contributed by atoms with E-state index in [4.69, 9.17) is 0 Å². The monoisotopic (exact) mass is 294 g/mol. The largest absolute Gasteiger partial charge is 0.337 e. The quantitative estimate of drug-likeness (QED) is 0.845. The van der Waals surface area contributed by atoms with Gasteiger partial charge in [-0.15, -0.1) is 0 Å². The maximum absolute atomic E-state index is 11.8. The number of piperazine rings is 1. The lowest BCUT2D eigenvalue weighted by Gasteiger charge is -2.26. The molecule has 1 N–H and O–H groups in total. The van der Waals surface area contributed by atoms with Crippen molar-refractivity contribution in [3.63, 3.8) is 0 Å². The summed E-state index contributed by atoms with van der Waals surface area (Å²) in [5.41, 5.74) is 1.04. The van der Waals surface area contributed by atoms with Crippen LogP contribution in [0.1, 0.15) is 5.56 Å². The SMILES string of the molecule is O=C(C=Cc1ccc(Br)cc1)N1CCNCC1. The number of carbonyl (C=O) groups excluding carboxylic acids is 1. The van der Waals surface area contributed by atoms with Crippen molar-refractivity contribution in [1.29, 1.82) is 0 Å². The first-order valence-electron chi connectivity index (χ1n) is 5.69. The van der Waals surface area contributed by atoms with Gasteiger partial charge in [-0.1, -0.05) is 28.1 Å². The third kappa shape index (κ3) is 3.68. The Kier molecular flexibility index (Phi) is 4.34. The fourth-order valence-corrected chi connectivity index (χ4v) is 2.00. The van der Waals surface area contributed by atoms with Crippen molar-refractivity contribution in [1.82, 2.24) is 10.2 Å². The average Bonchev–Trinajstić information content (AvgIpc) is 2.39. The maximum atomic E-state index is 11.8. The van der Waals surface area contributed by atoms with E-state index in [0.717, 1.165) is 36.2 Å². The Morgan fingerprint density at radius 1 is 1.24 bits per heavy atom. The predicted octanol–water partition coefficient (Wildman–Crippen LogP) is 1.89. The minimum Gasteiger partial charge on any atom is -0.337 e. The molecule has 0 aromatic heterocycles. The Balaban J connectivity index is 1.95. The van der Waals surface area contributed by atoms with Crippen molar-refractivity contribution >= 4 is 27.9 Å². The fourth-order valence-electron chi connectivity index (χ4n) is 1.73. The van der Waals surface area contributed by atoms with Crippen molar-refractivity contribution in [2.75, 3.05) is 26.2 Å². The molecule has 0 aliphatic carbocycles. The molecule has 1 heterocycles. The second-order valence-electron chi connectivity index (χ2n) is 3.96. The van der Waals surface area contributed by atoms with Crippen LogP contribution in [0.3, 0.4) is 0 Å². The van der Waals surface area contributed by atoms with Gasteiger partial charge in [0.1, 0.15) is 0 Å². The van der Waals surface area contributed by atoms with Crippen molar-refractivity contribution in [2.45, 2.75) is 0 Å². The standard InChI is InChI=1S/C13H15BrN2O/c14-12-4-1-11(2-5-12)3-6-13(17)16-9-7-15-8-10-16/h1-6,15H,7-10H2. The first-order valence-corrected chi connectivity index (χ1v) is 6.48. The van der Waals surface area contributed by atoms with E-state index in [1.54, 1.807) is 6.08 Å². The van der Waals surface area contributed by atoms with Crippen molar-refractivity contribution in [3.8, 4) is 0 Å². The van der Waals surface area contributed by atoms with Crippen LogP contribution in [0.5, 0.6) is 0 Å². The highest BCUT2D eigenvalue weighted by Crippen LogP contribution is 2.11. The smallest absolute Gasteiger partial charge is 0.246 e. The minimum atomic E-state index is 0.0921. The van der Waals surface area contributed by atoms with E-state index < -0.39 is 0 Å². The number of nitrogens with zero attached hydrogens (tertiary/aromatic N) is 1. The second-order valence-corrected chi connectivity index (χ2v) is 4.88. The summed E-state index contributed by atoms with van der Waals surface area (Å²) in [7, 11) is 0. The highest BCUT2D eigenvalue weighted by Gasteiger charge is 2.12. The van der Waals surface area contributed by atoms with Crippen molar-refractivity contribution in [3.05, 3.63) is 40.4 Å². The van der Waals surface area contributed by atoms with E-state index in [1.807, 2.05) is 35.2 Å². The molecule has 17 heavy (non-hydrogen) atoms. The van der Waals surface area contributed by atoms with Gasteiger partial charge in [0.25, 0.3) is 0 Å². The van der Waals surface area contributed by atoms with Crippen LogP contribution in [0, 0.1) is 0 Å². The van der Waals surface area contributed by atoms with Crippen LogP contribution in [-0.2, 0) is 4.79 Å². The third-order valence-electron chi connectivity index (χ3n) is 2.72. The van der Waals surface area contributed by atoms with Gasteiger partial charge < -0.3 is 10.2 Å². The Morgan fingerprint density at radius 2 is 1.88 bits per heavy atom. The summed E-state index contributed by atoms with van der Waals surface area (Å²) in [6.45, 7) is 3.36. The Hall–Kier alpha value is -1.13. The molecule has 1 aromatic carbocycles. The van der Waals surface area contributed by atoms with E-state index >= 15 is 0 Å². The second kappa shape index (κ2) is 5.98. The van der Waals surface area contributed by atoms with Crippen LogP contribution >= 0.6 is 15.9 Å². The van der Waals surface area contributed by atoms with Crippen LogP contribution in [0.25, 0.3) is 6.08 Å². The van der Waals surface area contributed by atoms with Crippen molar-refractivity contribution < 1.29 is 4.79 Å². The molecule has 0 saturated carbocycles. The zero-order valence-electron chi connectivity index (χ0n) is 9.53. The summed E-state index contributed by atoms with van der Waals surface area (Å²) >= 11 is 3.38. The molecule has 2 rings (SSSR count). The van der Waals surface area contributed by atoms with Gasteiger partial charge >= 0.3 is 0 Å². The van der Waals surface area contributed by atoms with Crippen LogP contribution in [0.15, 0.2) is 34.8 Å². The van der Waals surface area contributed by atoms with Gasteiger partial charge in [-0.2, -0.15) is 0 Å². The first-order chi connectivity index (χ1) is 8.25. The molecule has 1 aliphatic rings. The molecule has 0 atom stereocenters. The zero-order chi connectivity index (χ0) is 12.1. The summed E-state index contributed by atoms with van der Waals surface area (Å²) in [4.78, 5) is 13.7. The number of amides is 1. The van der Waals surface area contributed by atoms with Gasteiger partial charge in [-0.05, 0) is 23.8 Å². The lowest BCUT2D eigenvalue weighted by molar-refractivity contribution is -0.126. The van der Waals surface area contributed by atoms with Crippen LogP contribution in [0.2, 0.25) is 0 Å². The van der Waals surface area contributed by atoms with E-state index in [1.165, 1.54) is 0 Å². The van der Waals surface area contributed by atoms with Gasteiger partial charge in [0, 0.05) is 36.7 Å². The van der Waals surface area contributed by atoms with Gasteiger partial charge in [0.05, 0.1) is 0 Å². The molecule has 1 aromatic rings. The molecule has 3 nitrogen and oxygen atoms in total. The van der Waals surface area contributed by atoms with E-state index in [2.05, 4.69) is 21.2 Å². The Labute approximate surface area is 110 Å². The van der Waals surface area contributed by atoms with Crippen LogP contribution < -0.4 is 5.32 Å². The highest BCUT2D eigenvalue weighted by atomic mass is 79.9. The van der Waals surface area contributed by atoms with E-state index in [-0.39, 0.29) is 5.91 Å². The Bertz CT molecular complexity index is 408. The molecular weight excluding hydrogens is 280 g/mol. The number of carbonyl (C=O) groups is 1. The molecule has 4 heteroatoms. The summed E-state index contributed by atoms with van der Waals surface area (Å²) in [6, 6.07) is 7.89. The third-order valence-corrected chi connectivity index (χ3v) is 3.25. The summed E-state index contributed by atoms with van der Waals surface area (Å²) < 4.78 is 1.04. The lowest BCUT2D eigenvalue weighted by Crippen LogP contribution is -2.45. The van der Waals surface area contributed by atoms with E-state index in [0.29, 0.717) is 0 Å². The summed E-state index contributed by atoms with van der Waals surface area (Å²) in [5.74, 6) is 0.0921. The molecule has 1 aliphatic heterocycles. The molecule has 0 bridgehead atoms. The molecule has 1 amide bonds. The fraction of sp³-hybridized carbons (Fsp3) is 0.308. The number of hydrogen-bond acceptors (Lipinski definition) is 2. The number of hydrogen-bond donors (Lipinski definition) is 1. The molecular formula is C13H15BrN2O. The first kappa shape index (κ1) is 12.3. The summed E-state index contributed by atoms with van der Waals surface area (Å²) in [6.07, 6.45) is 3.51. The molecule has 1 saturated heterocycles. The molecule has 1 fully saturated rings. The van der Waals surface area contributed by atoms with E-state index in [9.17, 15) is 4.79 Å². The van der Waals surface area contributed by atoms with Gasteiger partial charge in [0.2, 0.25) is 5.91 Å². The zero-order valence-corrected chi connectivity index (χ0v) is 11.1. The van der Waals surface area contributed by atoms with Gasteiger partial charge in [0.15, 0.2) is 0 Å². The molecule has 0 radical (unpaired) electrons. The number of nitrogens with one attached hydrogen (secondary N) is 1. The molecule has 90 valence electrons. The number of benzene rings is 1. The topological polar surface area (TPSA) is 32.3 Å².